The smallest absolute Gasteiger partial charge is 0.0468 e. The lowest BCUT2D eigenvalue weighted by Crippen LogP contribution is -2.17. The fourth-order valence-corrected chi connectivity index (χ4v) is 18.1. The Balaban J connectivity index is 0.909. The van der Waals surface area contributed by atoms with Gasteiger partial charge >= 0.3 is 0 Å². The molecule has 0 amide bonds. The lowest BCUT2D eigenvalue weighted by atomic mass is 9.82. The van der Waals surface area contributed by atoms with E-state index in [1.54, 1.807) is 0 Å². The Bertz CT molecular complexity index is 6110. The highest BCUT2D eigenvalue weighted by Gasteiger charge is 2.38. The minimum atomic E-state index is -0.203. The van der Waals surface area contributed by atoms with Gasteiger partial charge in [0.2, 0.25) is 0 Å². The summed E-state index contributed by atoms with van der Waals surface area (Å²) in [4.78, 5) is 5.06. The van der Waals surface area contributed by atoms with Gasteiger partial charge in [-0.3, -0.25) is 0 Å². The van der Waals surface area contributed by atoms with Gasteiger partial charge in [-0.25, -0.2) is 0 Å². The molecule has 2 heteroatoms. The van der Waals surface area contributed by atoms with Crippen LogP contribution in [0.3, 0.4) is 0 Å². The Morgan fingerprint density at radius 2 is 0.561 bits per heavy atom. The molecular formula is C96H70N2. The van der Waals surface area contributed by atoms with Crippen LogP contribution >= 0.6 is 0 Å². The van der Waals surface area contributed by atoms with Crippen molar-refractivity contribution in [1.29, 1.82) is 0 Å². The van der Waals surface area contributed by atoms with Gasteiger partial charge in [0.25, 0.3) is 0 Å². The maximum absolute atomic E-state index is 2.55. The molecule has 0 heterocycles. The zero-order valence-electron chi connectivity index (χ0n) is 56.2. The molecule has 16 aromatic carbocycles. The molecule has 0 unspecified atom stereocenters. The first-order chi connectivity index (χ1) is 47.8. The SMILES string of the molecule is CC(C)(C)c1ccc(N(c2ccc3c(c2)C(C)(C)c2ccccc2-3)c2ccc3c(-c4ccc5c6c(cccc46)-c4ccccc4-5)c4cc(N(c5ccc6c(c5)C(C)(C)c5ccccc5-6)c5ccc6ccccc6c5)ccc4c(-c4ccc5c6c(cccc46)-c4ccccc4-5)c3c2)cc1. The fraction of sp³-hybridized carbons (Fsp3) is 0.104. The third-order valence-electron chi connectivity index (χ3n) is 22.9. The molecule has 0 bridgehead atoms. The fourth-order valence-electron chi connectivity index (χ4n) is 18.1. The molecular weight excluding hydrogens is 1180 g/mol. The number of fused-ring (bicyclic) bond motifs is 15. The van der Waals surface area contributed by atoms with E-state index in [1.165, 1.54) is 171 Å². The normalized spacial score (nSPS) is 13.8. The molecule has 0 saturated heterocycles. The van der Waals surface area contributed by atoms with Crippen molar-refractivity contribution in [3.63, 3.8) is 0 Å². The monoisotopic (exact) mass is 1250 g/mol. The van der Waals surface area contributed by atoms with E-state index in [1.807, 2.05) is 0 Å². The van der Waals surface area contributed by atoms with E-state index < -0.39 is 0 Å². The summed E-state index contributed by atoms with van der Waals surface area (Å²) in [6.45, 7) is 16.5. The molecule has 20 rings (SSSR count). The third-order valence-corrected chi connectivity index (χ3v) is 22.9. The van der Waals surface area contributed by atoms with Gasteiger partial charge in [-0.2, -0.15) is 0 Å². The summed E-state index contributed by atoms with van der Waals surface area (Å²) in [6, 6.07) is 114. The van der Waals surface area contributed by atoms with Crippen LogP contribution in [0.25, 0.3) is 143 Å². The maximum Gasteiger partial charge on any atom is 0.0468 e. The average molecular weight is 1250 g/mol. The molecule has 0 spiro atoms. The topological polar surface area (TPSA) is 6.48 Å². The Morgan fingerprint density at radius 1 is 0.224 bits per heavy atom. The van der Waals surface area contributed by atoms with Crippen molar-refractivity contribution in [2.75, 3.05) is 9.80 Å². The van der Waals surface area contributed by atoms with Crippen LogP contribution in [-0.2, 0) is 16.2 Å². The van der Waals surface area contributed by atoms with Crippen LogP contribution in [0.15, 0.2) is 297 Å². The van der Waals surface area contributed by atoms with Gasteiger partial charge in [-0.1, -0.05) is 273 Å². The van der Waals surface area contributed by atoms with Crippen LogP contribution < -0.4 is 9.80 Å². The van der Waals surface area contributed by atoms with Crippen molar-refractivity contribution < 1.29 is 0 Å². The second kappa shape index (κ2) is 20.5. The summed E-state index contributed by atoms with van der Waals surface area (Å²) < 4.78 is 0. The third kappa shape index (κ3) is 8.03. The molecule has 0 aromatic heterocycles. The van der Waals surface area contributed by atoms with Crippen LogP contribution in [0.5, 0.6) is 0 Å². The zero-order chi connectivity index (χ0) is 65.7. The highest BCUT2D eigenvalue weighted by Crippen LogP contribution is 2.58. The standard InChI is InChI=1S/C96H70N2/c1-94(2,3)59-35-38-60(39-36-59)97(64-40-44-72-70-26-14-16-32-86(70)95(4,5)88(72)55-64)62-42-46-82-84(53-62)92(80-50-48-78-68-24-12-10-22-66(68)74-28-18-30-76(80)90(74)78)83-47-43-63(54-85(83)93(82)81-51-49-79-69-25-13-11-23-67(69)75-29-19-31-77(81)91(75)79)98(61-37-34-57-20-8-9-21-58(57)52-61)65-41-45-73-71-27-15-17-33-87(71)96(6,7)89(73)56-65/h8-56H,1-7H3. The number of benzene rings is 16. The first kappa shape index (κ1) is 56.7. The minimum absolute atomic E-state index is 0.0223. The summed E-state index contributed by atoms with van der Waals surface area (Å²) in [5.41, 5.74) is 33.3. The molecule has 0 aliphatic heterocycles. The summed E-state index contributed by atoms with van der Waals surface area (Å²) in [6.07, 6.45) is 0. The molecule has 0 N–H and O–H groups in total. The second-order valence-electron chi connectivity index (χ2n) is 29.9. The lowest BCUT2D eigenvalue weighted by Gasteiger charge is -2.30. The largest absolute Gasteiger partial charge is 0.310 e. The van der Waals surface area contributed by atoms with E-state index in [0.29, 0.717) is 0 Å². The molecule has 0 radical (unpaired) electrons. The van der Waals surface area contributed by atoms with Gasteiger partial charge in [0.1, 0.15) is 0 Å². The van der Waals surface area contributed by atoms with Crippen LogP contribution in [0.2, 0.25) is 0 Å². The zero-order valence-corrected chi connectivity index (χ0v) is 56.2. The maximum atomic E-state index is 2.55. The van der Waals surface area contributed by atoms with Crippen molar-refractivity contribution in [3.05, 3.63) is 325 Å². The van der Waals surface area contributed by atoms with Crippen LogP contribution in [0.1, 0.15) is 76.3 Å². The van der Waals surface area contributed by atoms with E-state index in [0.717, 1.165) is 34.1 Å². The molecule has 0 fully saturated rings. The van der Waals surface area contributed by atoms with E-state index >= 15 is 0 Å². The van der Waals surface area contributed by atoms with Crippen LogP contribution in [-0.4, -0.2) is 0 Å². The second-order valence-corrected chi connectivity index (χ2v) is 29.9. The van der Waals surface area contributed by atoms with E-state index in [2.05, 4.69) is 356 Å². The van der Waals surface area contributed by atoms with Crippen LogP contribution in [0.4, 0.5) is 34.1 Å². The van der Waals surface area contributed by atoms with Gasteiger partial charge in [0.15, 0.2) is 0 Å². The van der Waals surface area contributed by atoms with E-state index in [-0.39, 0.29) is 16.2 Å². The predicted octanol–water partition coefficient (Wildman–Crippen LogP) is 26.9. The molecule has 2 nitrogen and oxygen atoms in total. The minimum Gasteiger partial charge on any atom is -0.310 e. The average Bonchev–Trinajstić information content (AvgIpc) is 0.848. The number of hydrogen-bond donors (Lipinski definition) is 0. The molecule has 16 aromatic rings. The summed E-state index contributed by atoms with van der Waals surface area (Å²) in [7, 11) is 0. The van der Waals surface area contributed by atoms with E-state index in [4.69, 9.17) is 0 Å². The highest BCUT2D eigenvalue weighted by atomic mass is 15.1. The molecule has 98 heavy (non-hydrogen) atoms. The molecule has 0 saturated carbocycles. The Kier molecular flexibility index (Phi) is 11.9. The molecule has 4 aliphatic rings. The van der Waals surface area contributed by atoms with Crippen molar-refractivity contribution in [2.45, 2.75) is 64.7 Å². The van der Waals surface area contributed by atoms with Crippen molar-refractivity contribution in [2.24, 2.45) is 0 Å². The van der Waals surface area contributed by atoms with Gasteiger partial charge in [0, 0.05) is 45.0 Å². The molecule has 4 aliphatic carbocycles. The summed E-state index contributed by atoms with van der Waals surface area (Å²) in [5, 5.41) is 12.3. The number of nitrogens with zero attached hydrogens (tertiary/aromatic N) is 2. The summed E-state index contributed by atoms with van der Waals surface area (Å²) in [5.74, 6) is 0. The van der Waals surface area contributed by atoms with Crippen molar-refractivity contribution >= 4 is 88.0 Å². The van der Waals surface area contributed by atoms with Gasteiger partial charge in [0.05, 0.1) is 0 Å². The Morgan fingerprint density at radius 3 is 1.04 bits per heavy atom. The Labute approximate surface area is 573 Å². The van der Waals surface area contributed by atoms with Crippen molar-refractivity contribution in [1.82, 2.24) is 0 Å². The van der Waals surface area contributed by atoms with Gasteiger partial charge in [-0.15, -0.1) is 0 Å². The molecule has 464 valence electrons. The van der Waals surface area contributed by atoms with Gasteiger partial charge in [-0.05, 0) is 249 Å². The first-order valence-electron chi connectivity index (χ1n) is 34.8. The van der Waals surface area contributed by atoms with Gasteiger partial charge < -0.3 is 9.80 Å². The molecule has 0 atom stereocenters. The first-order valence-corrected chi connectivity index (χ1v) is 34.8. The van der Waals surface area contributed by atoms with Crippen LogP contribution in [0, 0.1) is 0 Å². The predicted molar refractivity (Wildman–Crippen MR) is 417 cm³/mol. The summed E-state index contributed by atoms with van der Waals surface area (Å²) >= 11 is 0. The number of hydrogen-bond acceptors (Lipinski definition) is 2. The lowest BCUT2D eigenvalue weighted by molar-refractivity contribution is 0.590. The number of anilines is 6. The Hall–Kier alpha value is -11.6. The van der Waals surface area contributed by atoms with Crippen molar-refractivity contribution in [3.8, 4) is 89.0 Å². The van der Waals surface area contributed by atoms with E-state index in [9.17, 15) is 0 Å². The highest BCUT2D eigenvalue weighted by molar-refractivity contribution is 6.30. The number of rotatable bonds is 8. The quantitative estimate of drug-likeness (QED) is 0.140.